The Kier molecular flexibility index (Phi) is 4.61. The maximum atomic E-state index is 12.4. The summed E-state index contributed by atoms with van der Waals surface area (Å²) in [6, 6.07) is 3.18. The van der Waals surface area contributed by atoms with Crippen molar-refractivity contribution in [3.63, 3.8) is 0 Å². The predicted octanol–water partition coefficient (Wildman–Crippen LogP) is 1.96. The second-order valence-corrected chi connectivity index (χ2v) is 4.94. The van der Waals surface area contributed by atoms with E-state index in [1.807, 2.05) is 6.92 Å². The Morgan fingerprint density at radius 1 is 1.63 bits per heavy atom. The first-order valence-electron chi connectivity index (χ1n) is 6.44. The largest absolute Gasteiger partial charge is 0.384 e. The standard InChI is InChI=1S/C13H18ClN3O2/c1-2-19-9-4-3-7-17(8-9)13(18)12-10(14)5-6-11(15)16-12/h5-6,9H,2-4,7-8H2,1H3,(H2,15,16). The first kappa shape index (κ1) is 14.1. The van der Waals surface area contributed by atoms with E-state index in [9.17, 15) is 4.79 Å². The van der Waals surface area contributed by atoms with Crippen molar-refractivity contribution >= 4 is 23.3 Å². The Morgan fingerprint density at radius 3 is 3.16 bits per heavy atom. The van der Waals surface area contributed by atoms with Gasteiger partial charge in [0, 0.05) is 19.7 Å². The van der Waals surface area contributed by atoms with Crippen LogP contribution < -0.4 is 5.73 Å². The van der Waals surface area contributed by atoms with Gasteiger partial charge in [0.2, 0.25) is 0 Å². The van der Waals surface area contributed by atoms with E-state index in [4.69, 9.17) is 22.1 Å². The molecule has 1 saturated heterocycles. The lowest BCUT2D eigenvalue weighted by atomic mass is 10.1. The molecule has 5 nitrogen and oxygen atoms in total. The zero-order valence-corrected chi connectivity index (χ0v) is 11.7. The number of nitrogens with two attached hydrogens (primary N) is 1. The molecule has 1 aromatic rings. The van der Waals surface area contributed by atoms with Gasteiger partial charge in [-0.05, 0) is 31.9 Å². The SMILES string of the molecule is CCOC1CCCN(C(=O)c2nc(N)ccc2Cl)C1. The fraction of sp³-hybridized carbons (Fsp3) is 0.538. The fourth-order valence-electron chi connectivity index (χ4n) is 2.25. The highest BCUT2D eigenvalue weighted by Gasteiger charge is 2.26. The van der Waals surface area contributed by atoms with Crippen molar-refractivity contribution in [2.75, 3.05) is 25.4 Å². The molecule has 0 bridgehead atoms. The third-order valence-corrected chi connectivity index (χ3v) is 3.44. The fourth-order valence-corrected chi connectivity index (χ4v) is 2.44. The molecule has 0 spiro atoms. The number of hydrogen-bond acceptors (Lipinski definition) is 4. The number of carbonyl (C=O) groups excluding carboxylic acids is 1. The second-order valence-electron chi connectivity index (χ2n) is 4.54. The zero-order chi connectivity index (χ0) is 13.8. The number of pyridine rings is 1. The van der Waals surface area contributed by atoms with Crippen LogP contribution in [0.2, 0.25) is 5.02 Å². The third kappa shape index (κ3) is 3.36. The molecule has 1 amide bonds. The van der Waals surface area contributed by atoms with Gasteiger partial charge in [0.25, 0.3) is 5.91 Å². The van der Waals surface area contributed by atoms with Gasteiger partial charge in [-0.3, -0.25) is 4.79 Å². The van der Waals surface area contributed by atoms with Crippen LogP contribution in [-0.4, -0.2) is 41.6 Å². The van der Waals surface area contributed by atoms with E-state index < -0.39 is 0 Å². The number of hydrogen-bond donors (Lipinski definition) is 1. The molecule has 0 aliphatic carbocycles. The molecule has 2 heterocycles. The van der Waals surface area contributed by atoms with E-state index in [1.54, 1.807) is 17.0 Å². The Bertz CT molecular complexity index is 465. The molecule has 1 unspecified atom stereocenters. The highest BCUT2D eigenvalue weighted by atomic mass is 35.5. The molecule has 1 atom stereocenters. The molecule has 104 valence electrons. The van der Waals surface area contributed by atoms with Gasteiger partial charge in [-0.15, -0.1) is 0 Å². The minimum Gasteiger partial charge on any atom is -0.384 e. The van der Waals surface area contributed by atoms with Crippen LogP contribution in [0.3, 0.4) is 0 Å². The smallest absolute Gasteiger partial charge is 0.274 e. The van der Waals surface area contributed by atoms with Crippen LogP contribution in [-0.2, 0) is 4.74 Å². The van der Waals surface area contributed by atoms with Gasteiger partial charge in [0.1, 0.15) is 11.5 Å². The van der Waals surface area contributed by atoms with Crippen LogP contribution in [0, 0.1) is 0 Å². The number of rotatable bonds is 3. The maximum Gasteiger partial charge on any atom is 0.274 e. The quantitative estimate of drug-likeness (QED) is 0.921. The highest BCUT2D eigenvalue weighted by Crippen LogP contribution is 2.20. The topological polar surface area (TPSA) is 68.5 Å². The van der Waals surface area contributed by atoms with Gasteiger partial charge in [0.05, 0.1) is 11.1 Å². The summed E-state index contributed by atoms with van der Waals surface area (Å²) in [7, 11) is 0. The number of ether oxygens (including phenoxy) is 1. The van der Waals surface area contributed by atoms with Crippen molar-refractivity contribution in [1.29, 1.82) is 0 Å². The Hall–Kier alpha value is -1.33. The van der Waals surface area contributed by atoms with Gasteiger partial charge in [0.15, 0.2) is 0 Å². The summed E-state index contributed by atoms with van der Waals surface area (Å²) in [5.41, 5.74) is 5.83. The van der Waals surface area contributed by atoms with Crippen molar-refractivity contribution in [2.45, 2.75) is 25.9 Å². The molecule has 0 radical (unpaired) electrons. The van der Waals surface area contributed by atoms with Crippen molar-refractivity contribution in [1.82, 2.24) is 9.88 Å². The third-order valence-electron chi connectivity index (χ3n) is 3.14. The number of nitrogen functional groups attached to an aromatic ring is 1. The lowest BCUT2D eigenvalue weighted by Crippen LogP contribution is -2.43. The normalized spacial score (nSPS) is 19.5. The lowest BCUT2D eigenvalue weighted by Gasteiger charge is -2.32. The monoisotopic (exact) mass is 283 g/mol. The number of amides is 1. The van der Waals surface area contributed by atoms with E-state index in [1.165, 1.54) is 0 Å². The molecule has 2 N–H and O–H groups in total. The molecule has 6 heteroatoms. The van der Waals surface area contributed by atoms with Crippen LogP contribution in [0.5, 0.6) is 0 Å². The Morgan fingerprint density at radius 2 is 2.42 bits per heavy atom. The molecule has 0 aromatic carbocycles. The number of piperidine rings is 1. The van der Waals surface area contributed by atoms with E-state index in [0.717, 1.165) is 12.8 Å². The average Bonchev–Trinajstić information content (AvgIpc) is 2.41. The van der Waals surface area contributed by atoms with E-state index in [0.29, 0.717) is 30.5 Å². The minimum atomic E-state index is -0.179. The molecule has 19 heavy (non-hydrogen) atoms. The summed E-state index contributed by atoms with van der Waals surface area (Å²) in [6.07, 6.45) is 2.01. The van der Waals surface area contributed by atoms with Gasteiger partial charge in [-0.1, -0.05) is 11.6 Å². The van der Waals surface area contributed by atoms with E-state index in [2.05, 4.69) is 4.98 Å². The van der Waals surface area contributed by atoms with Crippen molar-refractivity contribution < 1.29 is 9.53 Å². The van der Waals surface area contributed by atoms with Gasteiger partial charge in [-0.25, -0.2) is 4.98 Å². The number of carbonyl (C=O) groups is 1. The molecule has 1 aliphatic rings. The first-order valence-corrected chi connectivity index (χ1v) is 6.82. The van der Waals surface area contributed by atoms with E-state index >= 15 is 0 Å². The van der Waals surface area contributed by atoms with E-state index in [-0.39, 0.29) is 17.7 Å². The number of halogens is 1. The highest BCUT2D eigenvalue weighted by molar-refractivity contribution is 6.33. The first-order chi connectivity index (χ1) is 9.11. The molecular formula is C13H18ClN3O2. The summed E-state index contributed by atoms with van der Waals surface area (Å²) in [6.45, 7) is 3.90. The summed E-state index contributed by atoms with van der Waals surface area (Å²) >= 11 is 6.01. The van der Waals surface area contributed by atoms with Crippen molar-refractivity contribution in [3.05, 3.63) is 22.8 Å². The van der Waals surface area contributed by atoms with Crippen LogP contribution in [0.25, 0.3) is 0 Å². The summed E-state index contributed by atoms with van der Waals surface area (Å²) in [4.78, 5) is 18.2. The minimum absolute atomic E-state index is 0.0996. The molecule has 1 aromatic heterocycles. The number of nitrogens with zero attached hydrogens (tertiary/aromatic N) is 2. The second kappa shape index (κ2) is 6.21. The zero-order valence-electron chi connectivity index (χ0n) is 10.9. The average molecular weight is 284 g/mol. The summed E-state index contributed by atoms with van der Waals surface area (Å²) in [5, 5.41) is 0.331. The molecule has 2 rings (SSSR count). The lowest BCUT2D eigenvalue weighted by molar-refractivity contribution is 0.00704. The van der Waals surface area contributed by atoms with Crippen LogP contribution >= 0.6 is 11.6 Å². The summed E-state index contributed by atoms with van der Waals surface area (Å²) < 4.78 is 5.58. The van der Waals surface area contributed by atoms with Crippen LogP contribution in [0.4, 0.5) is 5.82 Å². The molecule has 1 fully saturated rings. The molecule has 0 saturated carbocycles. The number of aromatic nitrogens is 1. The van der Waals surface area contributed by atoms with Crippen molar-refractivity contribution in [2.24, 2.45) is 0 Å². The number of anilines is 1. The van der Waals surface area contributed by atoms with Crippen LogP contribution in [0.1, 0.15) is 30.3 Å². The Balaban J connectivity index is 2.12. The van der Waals surface area contributed by atoms with Gasteiger partial charge < -0.3 is 15.4 Å². The summed E-state index contributed by atoms with van der Waals surface area (Å²) in [5.74, 6) is 0.118. The van der Waals surface area contributed by atoms with Crippen molar-refractivity contribution in [3.8, 4) is 0 Å². The number of likely N-dealkylation sites (tertiary alicyclic amines) is 1. The molecular weight excluding hydrogens is 266 g/mol. The Labute approximate surface area is 117 Å². The molecule has 1 aliphatic heterocycles. The predicted molar refractivity (Wildman–Crippen MR) is 74.2 cm³/mol. The van der Waals surface area contributed by atoms with Gasteiger partial charge in [-0.2, -0.15) is 0 Å². The maximum absolute atomic E-state index is 12.4. The van der Waals surface area contributed by atoms with Gasteiger partial charge >= 0.3 is 0 Å². The van der Waals surface area contributed by atoms with Crippen LogP contribution in [0.15, 0.2) is 12.1 Å².